The Bertz CT molecular complexity index is 1080. The van der Waals surface area contributed by atoms with E-state index in [0.29, 0.717) is 13.0 Å². The molecule has 0 radical (unpaired) electrons. The lowest BCUT2D eigenvalue weighted by Crippen LogP contribution is -2.64. The molecule has 0 amide bonds. The molecular weight excluding hydrogens is 848 g/mol. The Morgan fingerprint density at radius 1 is 0.431 bits per heavy atom. The summed E-state index contributed by atoms with van der Waals surface area (Å²) < 4.78 is 34.4. The van der Waals surface area contributed by atoms with Gasteiger partial charge in [-0.15, -0.1) is 0 Å². The zero-order valence-electron chi connectivity index (χ0n) is 41.8. The van der Waals surface area contributed by atoms with E-state index in [1.54, 1.807) is 0 Å². The second kappa shape index (κ2) is 43.4. The Morgan fingerprint density at radius 3 is 1.06 bits per heavy atom. The first kappa shape index (κ1) is 62.4. The molecule has 0 aromatic rings. The van der Waals surface area contributed by atoms with E-state index in [-0.39, 0.29) is 13.0 Å². The van der Waals surface area contributed by atoms with Crippen LogP contribution in [0.5, 0.6) is 0 Å². The smallest absolute Gasteiger partial charge is 0.457 e. The van der Waals surface area contributed by atoms with Gasteiger partial charge in [0.05, 0.1) is 13.2 Å². The molecule has 13 heteroatoms. The van der Waals surface area contributed by atoms with Gasteiger partial charge in [0.2, 0.25) is 0 Å². The second-order valence-electron chi connectivity index (χ2n) is 19.5. The molecule has 0 aromatic carbocycles. The summed E-state index contributed by atoms with van der Waals surface area (Å²) in [6.45, 7) is 4.33. The minimum atomic E-state index is -5.02. The van der Waals surface area contributed by atoms with Crippen molar-refractivity contribution in [1.82, 2.24) is 0 Å². The van der Waals surface area contributed by atoms with Gasteiger partial charge in [0.15, 0.2) is 0 Å². The van der Waals surface area contributed by atoms with Crippen LogP contribution in [0.15, 0.2) is 0 Å². The summed E-state index contributed by atoms with van der Waals surface area (Å²) in [4.78, 5) is 23.3. The normalized spacial score (nSPS) is 21.4. The van der Waals surface area contributed by atoms with Gasteiger partial charge in [-0.3, -0.25) is 13.8 Å². The molecule has 12 nitrogen and oxygen atoms in total. The maximum Gasteiger partial charge on any atom is 0.472 e. The lowest BCUT2D eigenvalue weighted by molar-refractivity contribution is -0.220. The summed E-state index contributed by atoms with van der Waals surface area (Å²) in [6.07, 6.45) is 36.0. The van der Waals surface area contributed by atoms with Gasteiger partial charge in [0, 0.05) is 13.0 Å². The van der Waals surface area contributed by atoms with Gasteiger partial charge in [-0.25, -0.2) is 4.57 Å². The lowest BCUT2D eigenvalue weighted by atomic mass is 9.85. The van der Waals surface area contributed by atoms with Crippen LogP contribution >= 0.6 is 7.82 Å². The number of aliphatic hydroxyl groups excluding tert-OH is 5. The topological polar surface area (TPSA) is 192 Å². The summed E-state index contributed by atoms with van der Waals surface area (Å²) in [5.41, 5.74) is 0. The van der Waals surface area contributed by atoms with Crippen molar-refractivity contribution >= 4 is 13.8 Å². The van der Waals surface area contributed by atoms with Crippen molar-refractivity contribution in [3.8, 4) is 0 Å². The zero-order chi connectivity index (χ0) is 47.6. The Kier molecular flexibility index (Phi) is 41.6. The number of aliphatic hydroxyl groups is 5. The van der Waals surface area contributed by atoms with Gasteiger partial charge in [-0.05, 0) is 12.8 Å². The van der Waals surface area contributed by atoms with Gasteiger partial charge in [-0.1, -0.05) is 245 Å². The van der Waals surface area contributed by atoms with E-state index in [2.05, 4.69) is 13.8 Å². The summed E-state index contributed by atoms with van der Waals surface area (Å²) in [6, 6.07) is 0. The minimum absolute atomic E-state index is 0.0672. The van der Waals surface area contributed by atoms with Crippen LogP contribution in [0.2, 0.25) is 0 Å². The van der Waals surface area contributed by atoms with Crippen LogP contribution in [0.25, 0.3) is 0 Å². The number of phosphoric acid groups is 1. The molecule has 8 atom stereocenters. The first-order chi connectivity index (χ1) is 31.5. The lowest BCUT2D eigenvalue weighted by Gasteiger charge is -2.41. The number of unbranched alkanes of at least 4 members (excludes halogenated alkanes) is 36. The van der Waals surface area contributed by atoms with E-state index in [0.717, 1.165) is 38.5 Å². The fraction of sp³-hybridized carbons (Fsp3) is 0.981. The van der Waals surface area contributed by atoms with Crippen LogP contribution in [-0.2, 0) is 27.9 Å². The average molecular weight is 951 g/mol. The molecule has 0 aliphatic heterocycles. The Balaban J connectivity index is 2.29. The molecule has 1 aliphatic carbocycles. The van der Waals surface area contributed by atoms with E-state index in [1.807, 2.05) is 0 Å². The van der Waals surface area contributed by atoms with Crippen LogP contribution in [-0.4, -0.2) is 98.9 Å². The van der Waals surface area contributed by atoms with E-state index in [1.165, 1.54) is 199 Å². The van der Waals surface area contributed by atoms with E-state index in [9.17, 15) is 39.8 Å². The number of ether oxygens (including phenoxy) is 2. The van der Waals surface area contributed by atoms with Gasteiger partial charge < -0.3 is 39.9 Å². The van der Waals surface area contributed by atoms with Crippen molar-refractivity contribution in [3.63, 3.8) is 0 Å². The predicted octanol–water partition coefficient (Wildman–Crippen LogP) is 12.5. The van der Waals surface area contributed by atoms with Crippen molar-refractivity contribution in [1.29, 1.82) is 0 Å². The first-order valence-corrected chi connectivity index (χ1v) is 28.9. The SMILES string of the molecule is CCCCCCCCCCCCCCCCCCCCCCOC[C@H](COP(=O)(O)OC1C(O)C(O)C(O)[C@@H](O)C1O)OC(=O)CCCCCCCCCCCCCCCCCCCC. The fourth-order valence-corrected chi connectivity index (χ4v) is 9.86. The molecular formula is C52H103O12P. The molecule has 1 fully saturated rings. The molecule has 1 saturated carbocycles. The average Bonchev–Trinajstić information content (AvgIpc) is 3.29. The maximum atomic E-state index is 12.9. The summed E-state index contributed by atoms with van der Waals surface area (Å²) in [5.74, 6) is -0.468. The number of rotatable bonds is 48. The van der Waals surface area contributed by atoms with Gasteiger partial charge >= 0.3 is 13.8 Å². The Hall–Kier alpha value is -0.660. The van der Waals surface area contributed by atoms with Crippen molar-refractivity contribution < 1.29 is 58.3 Å². The van der Waals surface area contributed by atoms with E-state index in [4.69, 9.17) is 18.5 Å². The molecule has 0 aromatic heterocycles. The number of carbonyl (C=O) groups excluding carboxylic acids is 1. The predicted molar refractivity (Wildman–Crippen MR) is 263 cm³/mol. The quantitative estimate of drug-likeness (QED) is 0.0192. The van der Waals surface area contributed by atoms with Crippen LogP contribution < -0.4 is 0 Å². The highest BCUT2D eigenvalue weighted by atomic mass is 31.2. The zero-order valence-corrected chi connectivity index (χ0v) is 42.7. The van der Waals surface area contributed by atoms with Crippen LogP contribution in [0.3, 0.4) is 0 Å². The largest absolute Gasteiger partial charge is 0.472 e. The van der Waals surface area contributed by atoms with Crippen molar-refractivity contribution in [2.45, 2.75) is 307 Å². The van der Waals surface area contributed by atoms with Crippen molar-refractivity contribution in [3.05, 3.63) is 0 Å². The number of hydrogen-bond donors (Lipinski definition) is 6. The van der Waals surface area contributed by atoms with Gasteiger partial charge in [-0.2, -0.15) is 0 Å². The molecule has 388 valence electrons. The van der Waals surface area contributed by atoms with Crippen molar-refractivity contribution in [2.24, 2.45) is 0 Å². The molecule has 0 heterocycles. The van der Waals surface area contributed by atoms with E-state index >= 15 is 0 Å². The number of esters is 1. The van der Waals surface area contributed by atoms with E-state index < -0.39 is 63.1 Å². The standard InChI is InChI=1S/C52H103O12P/c1-3-5-7-9-11-13-15-17-19-21-23-24-26-28-30-32-34-36-38-40-42-61-43-45(44-62-65(59,60)64-52-50(57)48(55)47(54)49(56)51(52)58)63-46(53)41-39-37-35-33-31-29-27-25-22-20-18-16-14-12-10-8-6-4-2/h45,47-52,54-58H,3-44H2,1-2H3,(H,59,60)/t45-,47?,48-,49?,50?,51?,52?/m1/s1. The Morgan fingerprint density at radius 2 is 0.723 bits per heavy atom. The summed E-state index contributed by atoms with van der Waals surface area (Å²) in [5, 5.41) is 50.3. The molecule has 0 spiro atoms. The number of carbonyl (C=O) groups is 1. The molecule has 0 saturated heterocycles. The number of hydrogen-bond acceptors (Lipinski definition) is 11. The Labute approximate surface area is 397 Å². The summed E-state index contributed by atoms with van der Waals surface area (Å²) >= 11 is 0. The molecule has 1 aliphatic rings. The monoisotopic (exact) mass is 951 g/mol. The van der Waals surface area contributed by atoms with Gasteiger partial charge in [0.1, 0.15) is 42.7 Å². The second-order valence-corrected chi connectivity index (χ2v) is 20.9. The first-order valence-electron chi connectivity index (χ1n) is 27.4. The van der Waals surface area contributed by atoms with Crippen LogP contribution in [0.1, 0.15) is 264 Å². The molecule has 6 unspecified atom stereocenters. The highest BCUT2D eigenvalue weighted by Gasteiger charge is 2.51. The third-order valence-corrected chi connectivity index (χ3v) is 14.2. The maximum absolute atomic E-state index is 12.9. The molecule has 65 heavy (non-hydrogen) atoms. The number of phosphoric ester groups is 1. The minimum Gasteiger partial charge on any atom is -0.457 e. The highest BCUT2D eigenvalue weighted by Crippen LogP contribution is 2.47. The van der Waals surface area contributed by atoms with Crippen molar-refractivity contribution in [2.75, 3.05) is 19.8 Å². The molecule has 6 N–H and O–H groups in total. The van der Waals surface area contributed by atoms with Gasteiger partial charge in [0.25, 0.3) is 0 Å². The third kappa shape index (κ3) is 35.2. The molecule has 1 rings (SSSR count). The summed E-state index contributed by atoms with van der Waals surface area (Å²) in [7, 11) is -5.02. The fourth-order valence-electron chi connectivity index (χ4n) is 8.89. The van der Waals surface area contributed by atoms with Crippen LogP contribution in [0, 0.1) is 0 Å². The van der Waals surface area contributed by atoms with Crippen LogP contribution in [0.4, 0.5) is 0 Å². The molecule has 0 bridgehead atoms. The highest BCUT2D eigenvalue weighted by molar-refractivity contribution is 7.47. The third-order valence-electron chi connectivity index (χ3n) is 13.2.